The molecule has 124 valence electrons. The van der Waals surface area contributed by atoms with Crippen LogP contribution in [0, 0.1) is 30.6 Å². The lowest BCUT2D eigenvalue weighted by Gasteiger charge is -2.47. The Bertz CT molecular complexity index is 761. The molecule has 4 nitrogen and oxygen atoms in total. The minimum Gasteiger partial charge on any atom is -0.372 e. The predicted molar refractivity (Wildman–Crippen MR) is 86.4 cm³/mol. The van der Waals surface area contributed by atoms with E-state index < -0.39 is 10.0 Å². The number of rotatable bonds is 3. The van der Waals surface area contributed by atoms with E-state index in [4.69, 9.17) is 4.74 Å². The van der Waals surface area contributed by atoms with Gasteiger partial charge in [0.1, 0.15) is 0 Å². The Balaban J connectivity index is 1.43. The molecule has 2 heterocycles. The molecular weight excluding hydrogens is 310 g/mol. The van der Waals surface area contributed by atoms with E-state index in [1.807, 2.05) is 19.1 Å². The monoisotopic (exact) mass is 333 g/mol. The van der Waals surface area contributed by atoms with Gasteiger partial charge in [0, 0.05) is 18.0 Å². The number of aryl methyl sites for hydroxylation is 1. The average molecular weight is 333 g/mol. The third-order valence-electron chi connectivity index (χ3n) is 6.20. The van der Waals surface area contributed by atoms with E-state index in [9.17, 15) is 8.42 Å². The number of benzene rings is 1. The first-order chi connectivity index (χ1) is 10.7. The SMILES string of the molecule is Cc1ccc(S(=O)(=O)N2C3C4C5C(OC(C)(C)C)C3C2C54)cc1. The van der Waals surface area contributed by atoms with Crippen molar-refractivity contribution in [1.29, 1.82) is 0 Å². The van der Waals surface area contributed by atoms with Crippen LogP contribution in [0.1, 0.15) is 26.3 Å². The maximum atomic E-state index is 13.0. The van der Waals surface area contributed by atoms with Crippen molar-refractivity contribution in [3.8, 4) is 0 Å². The molecule has 0 N–H and O–H groups in total. The summed E-state index contributed by atoms with van der Waals surface area (Å²) in [5.74, 6) is 2.14. The Morgan fingerprint density at radius 3 is 2.04 bits per heavy atom. The quantitative estimate of drug-likeness (QED) is 0.853. The molecule has 6 bridgehead atoms. The molecule has 2 aliphatic heterocycles. The maximum absolute atomic E-state index is 13.0. The molecule has 7 rings (SSSR count). The first-order valence-corrected chi connectivity index (χ1v) is 9.94. The second kappa shape index (κ2) is 4.01. The molecule has 5 heteroatoms. The van der Waals surface area contributed by atoms with Gasteiger partial charge in [-0.15, -0.1) is 0 Å². The summed E-state index contributed by atoms with van der Waals surface area (Å²) in [5, 5.41) is 0. The van der Waals surface area contributed by atoms with Crippen LogP contribution in [0.3, 0.4) is 0 Å². The van der Waals surface area contributed by atoms with E-state index in [1.165, 1.54) is 0 Å². The van der Waals surface area contributed by atoms with Crippen LogP contribution in [0.4, 0.5) is 0 Å². The maximum Gasteiger partial charge on any atom is 0.243 e. The molecule has 0 radical (unpaired) electrons. The molecule has 0 amide bonds. The van der Waals surface area contributed by atoms with Crippen molar-refractivity contribution in [3.05, 3.63) is 29.8 Å². The van der Waals surface area contributed by atoms with E-state index in [0.29, 0.717) is 28.6 Å². The van der Waals surface area contributed by atoms with E-state index >= 15 is 0 Å². The van der Waals surface area contributed by atoms with Gasteiger partial charge >= 0.3 is 0 Å². The van der Waals surface area contributed by atoms with Crippen LogP contribution in [-0.2, 0) is 14.8 Å². The van der Waals surface area contributed by atoms with Crippen molar-refractivity contribution in [3.63, 3.8) is 0 Å². The first-order valence-electron chi connectivity index (χ1n) is 8.50. The van der Waals surface area contributed by atoms with E-state index in [-0.39, 0.29) is 23.8 Å². The molecule has 2 saturated heterocycles. The second-order valence-electron chi connectivity index (χ2n) is 8.63. The van der Waals surface area contributed by atoms with E-state index in [2.05, 4.69) is 20.8 Å². The van der Waals surface area contributed by atoms with E-state index in [0.717, 1.165) is 5.56 Å². The summed E-state index contributed by atoms with van der Waals surface area (Å²) in [7, 11) is -3.35. The van der Waals surface area contributed by atoms with Crippen molar-refractivity contribution in [2.75, 3.05) is 0 Å². The molecule has 1 aromatic rings. The lowest BCUT2D eigenvalue weighted by Crippen LogP contribution is -2.61. The number of ether oxygens (including phenoxy) is 1. The molecule has 5 unspecified atom stereocenters. The van der Waals surface area contributed by atoms with Crippen molar-refractivity contribution in [2.24, 2.45) is 23.7 Å². The van der Waals surface area contributed by atoms with Gasteiger partial charge in [0.25, 0.3) is 0 Å². The summed E-state index contributed by atoms with van der Waals surface area (Å²) in [6.07, 6.45) is 0.268. The zero-order valence-electron chi connectivity index (χ0n) is 13.9. The van der Waals surface area contributed by atoms with Gasteiger partial charge in [-0.1, -0.05) is 17.7 Å². The van der Waals surface area contributed by atoms with Crippen LogP contribution < -0.4 is 0 Å². The van der Waals surface area contributed by atoms with Crippen LogP contribution in [0.5, 0.6) is 0 Å². The van der Waals surface area contributed by atoms with Gasteiger partial charge in [-0.05, 0) is 57.6 Å². The Hall–Kier alpha value is -0.910. The Morgan fingerprint density at radius 2 is 1.52 bits per heavy atom. The number of hydrogen-bond acceptors (Lipinski definition) is 3. The topological polar surface area (TPSA) is 46.6 Å². The standard InChI is InChI=1S/C18H23NO3S/c1-9-5-7-10(8-6-9)23(20,21)19-15-11-12-13(11)17(14(15)16(12)19)22-18(2,3)4/h5-8,11-17H,1-4H3. The number of sulfonamides is 1. The molecule has 6 fully saturated rings. The second-order valence-corrected chi connectivity index (χ2v) is 10.5. The lowest BCUT2D eigenvalue weighted by atomic mass is 9.92. The summed E-state index contributed by atoms with van der Waals surface area (Å²) in [5.41, 5.74) is 0.932. The molecular formula is C18H23NO3S. The molecule has 0 aromatic heterocycles. The molecule has 0 spiro atoms. The molecule has 4 saturated carbocycles. The van der Waals surface area contributed by atoms with Gasteiger partial charge < -0.3 is 4.74 Å². The Kier molecular flexibility index (Phi) is 2.51. The zero-order valence-corrected chi connectivity index (χ0v) is 14.7. The van der Waals surface area contributed by atoms with Crippen LogP contribution in [-0.4, -0.2) is 36.5 Å². The molecule has 6 aliphatic rings. The zero-order chi connectivity index (χ0) is 16.3. The number of hydrogen-bond donors (Lipinski definition) is 0. The van der Waals surface area contributed by atoms with Crippen LogP contribution in [0.15, 0.2) is 29.2 Å². The van der Waals surface area contributed by atoms with Crippen molar-refractivity contribution < 1.29 is 13.2 Å². The third-order valence-corrected chi connectivity index (χ3v) is 8.11. The summed E-state index contributed by atoms with van der Waals surface area (Å²) < 4.78 is 34.1. The van der Waals surface area contributed by atoms with Gasteiger partial charge in [0.05, 0.1) is 16.6 Å². The van der Waals surface area contributed by atoms with E-state index in [1.54, 1.807) is 16.4 Å². The Labute approximate surface area is 137 Å². The van der Waals surface area contributed by atoms with Crippen LogP contribution in [0.25, 0.3) is 0 Å². The summed E-state index contributed by atoms with van der Waals surface area (Å²) in [6.45, 7) is 8.24. The van der Waals surface area contributed by atoms with Gasteiger partial charge in [-0.3, -0.25) is 0 Å². The minimum atomic E-state index is -3.35. The highest BCUT2D eigenvalue weighted by Crippen LogP contribution is 2.80. The minimum absolute atomic E-state index is 0.150. The fourth-order valence-electron chi connectivity index (χ4n) is 5.59. The Morgan fingerprint density at radius 1 is 0.957 bits per heavy atom. The highest BCUT2D eigenvalue weighted by molar-refractivity contribution is 7.89. The average Bonchev–Trinajstić information content (AvgIpc) is 2.67. The smallest absolute Gasteiger partial charge is 0.243 e. The normalized spacial score (nSPS) is 43.6. The predicted octanol–water partition coefficient (Wildman–Crippen LogP) is 2.43. The van der Waals surface area contributed by atoms with Crippen LogP contribution >= 0.6 is 0 Å². The highest BCUT2D eigenvalue weighted by Gasteiger charge is 2.89. The van der Waals surface area contributed by atoms with Gasteiger partial charge in [-0.2, -0.15) is 4.31 Å². The molecule has 5 atom stereocenters. The fourth-order valence-corrected chi connectivity index (χ4v) is 7.51. The number of piperidine rings is 1. The summed E-state index contributed by atoms with van der Waals surface area (Å²) in [4.78, 5) is 0.435. The van der Waals surface area contributed by atoms with Gasteiger partial charge in [-0.25, -0.2) is 8.42 Å². The van der Waals surface area contributed by atoms with Crippen LogP contribution in [0.2, 0.25) is 0 Å². The first kappa shape index (κ1) is 14.4. The fraction of sp³-hybridized carbons (Fsp3) is 0.667. The highest BCUT2D eigenvalue weighted by atomic mass is 32.2. The molecule has 4 aliphatic carbocycles. The largest absolute Gasteiger partial charge is 0.372 e. The van der Waals surface area contributed by atoms with Crippen molar-refractivity contribution in [1.82, 2.24) is 4.31 Å². The van der Waals surface area contributed by atoms with Crippen molar-refractivity contribution >= 4 is 10.0 Å². The molecule has 1 aromatic carbocycles. The van der Waals surface area contributed by atoms with Crippen molar-refractivity contribution in [2.45, 2.75) is 56.4 Å². The summed E-state index contributed by atoms with van der Waals surface area (Å²) >= 11 is 0. The summed E-state index contributed by atoms with van der Waals surface area (Å²) in [6, 6.07) is 7.60. The molecule has 23 heavy (non-hydrogen) atoms. The third kappa shape index (κ3) is 1.66. The van der Waals surface area contributed by atoms with Gasteiger partial charge in [0.15, 0.2) is 0 Å². The lowest BCUT2D eigenvalue weighted by molar-refractivity contribution is -0.0985. The number of nitrogens with zero attached hydrogens (tertiary/aromatic N) is 1. The van der Waals surface area contributed by atoms with Gasteiger partial charge in [0.2, 0.25) is 10.0 Å².